The van der Waals surface area contributed by atoms with Crippen molar-refractivity contribution < 1.29 is 0 Å². The van der Waals surface area contributed by atoms with E-state index in [9.17, 15) is 0 Å². The number of hydrogen-bond donors (Lipinski definition) is 0. The van der Waals surface area contributed by atoms with Gasteiger partial charge in [-0.25, -0.2) is 0 Å². The van der Waals surface area contributed by atoms with E-state index in [0.29, 0.717) is 0 Å². The summed E-state index contributed by atoms with van der Waals surface area (Å²) in [5.41, 5.74) is 1.30. The van der Waals surface area contributed by atoms with Crippen molar-refractivity contribution in [1.29, 1.82) is 0 Å². The van der Waals surface area contributed by atoms with Crippen LogP contribution in [0.25, 0.3) is 6.08 Å². The van der Waals surface area contributed by atoms with Gasteiger partial charge in [-0.05, 0) is 0 Å². The van der Waals surface area contributed by atoms with Gasteiger partial charge in [0.05, 0.1) is 0 Å². The maximum absolute atomic E-state index is 2.22. The Bertz CT molecular complexity index is 201. The van der Waals surface area contributed by atoms with Gasteiger partial charge in [-0.2, -0.15) is 0 Å². The third kappa shape index (κ3) is 2.61. The molecule has 0 N–H and O–H groups in total. The van der Waals surface area contributed by atoms with E-state index in [2.05, 4.69) is 36.4 Å². The Morgan fingerprint density at radius 1 is 1.20 bits per heavy atom. The van der Waals surface area contributed by atoms with Crippen LogP contribution in [-0.2, 0) is 0 Å². The van der Waals surface area contributed by atoms with Crippen molar-refractivity contribution in [2.45, 2.75) is 4.18 Å². The predicted octanol–water partition coefficient (Wildman–Crippen LogP) is 2.29. The fourth-order valence-electron chi connectivity index (χ4n) is 0.768. The summed E-state index contributed by atoms with van der Waals surface area (Å²) in [4.78, 5) is 0. The second kappa shape index (κ2) is 4.62. The molecule has 0 saturated heterocycles. The van der Waals surface area contributed by atoms with Crippen LogP contribution in [-0.4, -0.2) is 24.4 Å². The molecule has 0 heterocycles. The average molecular weight is 232 g/mol. The fraction of sp³-hybridized carbons (Fsp3) is 0.111. The summed E-state index contributed by atoms with van der Waals surface area (Å²) < 4.78 is 1.24. The van der Waals surface area contributed by atoms with E-state index in [1.807, 2.05) is 6.07 Å². The van der Waals surface area contributed by atoms with Gasteiger partial charge in [0.1, 0.15) is 0 Å². The Morgan fingerprint density at radius 3 is 2.50 bits per heavy atom. The van der Waals surface area contributed by atoms with Gasteiger partial charge in [0, 0.05) is 0 Å². The Hall–Kier alpha value is -0.170. The van der Waals surface area contributed by atoms with Crippen molar-refractivity contribution in [2.24, 2.45) is 0 Å². The van der Waals surface area contributed by atoms with Gasteiger partial charge in [0.2, 0.25) is 0 Å². The van der Waals surface area contributed by atoms with Crippen LogP contribution >= 0.6 is 0 Å². The van der Waals surface area contributed by atoms with Gasteiger partial charge < -0.3 is 0 Å². The molecule has 48 valence electrons. The Kier molecular flexibility index (Phi) is 3.66. The van der Waals surface area contributed by atoms with E-state index >= 15 is 0 Å². The number of hydrogen-bond acceptors (Lipinski definition) is 0. The molecule has 0 spiro atoms. The molecular formula is C9H9In. The zero-order chi connectivity index (χ0) is 7.23. The summed E-state index contributed by atoms with van der Waals surface area (Å²) >= 11 is 1.32. The molecule has 10 heavy (non-hydrogen) atoms. The molecule has 0 bridgehead atoms. The molecule has 0 nitrogen and oxygen atoms in total. The first kappa shape index (κ1) is 7.93. The molecule has 0 aliphatic rings. The van der Waals surface area contributed by atoms with Crippen LogP contribution in [0, 0.1) is 0 Å². The average Bonchev–Trinajstić information content (AvgIpc) is 2.03. The molecule has 1 heteroatoms. The Labute approximate surface area is 76.5 Å². The molecular weight excluding hydrogens is 223 g/mol. The van der Waals surface area contributed by atoms with Crippen molar-refractivity contribution >= 4 is 30.5 Å². The van der Waals surface area contributed by atoms with Crippen LogP contribution < -0.4 is 0 Å². The van der Waals surface area contributed by atoms with Gasteiger partial charge in [0.15, 0.2) is 0 Å². The van der Waals surface area contributed by atoms with E-state index in [-0.39, 0.29) is 0 Å². The second-order valence-corrected chi connectivity index (χ2v) is 3.39. The molecule has 0 atom stereocenters. The monoisotopic (exact) mass is 232 g/mol. The number of rotatable bonds is 2. The zero-order valence-corrected chi connectivity index (χ0v) is 9.12. The third-order valence-corrected chi connectivity index (χ3v) is 2.02. The minimum absolute atomic E-state index is 1.24. The third-order valence-electron chi connectivity index (χ3n) is 1.25. The van der Waals surface area contributed by atoms with Crippen molar-refractivity contribution in [1.82, 2.24) is 0 Å². The topological polar surface area (TPSA) is 0 Å². The molecule has 0 saturated carbocycles. The van der Waals surface area contributed by atoms with Gasteiger partial charge in [-0.3, -0.25) is 0 Å². The van der Waals surface area contributed by atoms with E-state index in [1.54, 1.807) is 0 Å². The molecule has 1 aromatic rings. The summed E-state index contributed by atoms with van der Waals surface area (Å²) in [5.74, 6) is 0. The number of allylic oxidation sites excluding steroid dienone is 1. The van der Waals surface area contributed by atoms with Crippen LogP contribution in [0.1, 0.15) is 5.56 Å². The fourth-order valence-corrected chi connectivity index (χ4v) is 1.16. The molecule has 0 aliphatic carbocycles. The van der Waals surface area contributed by atoms with Crippen molar-refractivity contribution in [3.63, 3.8) is 0 Å². The first-order valence-corrected chi connectivity index (χ1v) is 5.68. The zero-order valence-electron chi connectivity index (χ0n) is 5.83. The van der Waals surface area contributed by atoms with Crippen LogP contribution in [0.2, 0.25) is 4.18 Å². The quantitative estimate of drug-likeness (QED) is 0.733. The van der Waals surface area contributed by atoms with Crippen LogP contribution in [0.5, 0.6) is 0 Å². The number of benzene rings is 1. The van der Waals surface area contributed by atoms with Gasteiger partial charge >= 0.3 is 76.6 Å². The van der Waals surface area contributed by atoms with Crippen molar-refractivity contribution in [2.75, 3.05) is 0 Å². The van der Waals surface area contributed by atoms with Crippen molar-refractivity contribution in [3.05, 3.63) is 42.0 Å². The van der Waals surface area contributed by atoms with Crippen molar-refractivity contribution in [3.8, 4) is 0 Å². The molecule has 1 rings (SSSR count). The minimum atomic E-state index is 1.24. The SMILES string of the molecule is [In][CH2]C=Cc1ccccc1. The van der Waals surface area contributed by atoms with Crippen LogP contribution in [0.4, 0.5) is 0 Å². The molecule has 1 aromatic carbocycles. The molecule has 2 radical (unpaired) electrons. The van der Waals surface area contributed by atoms with E-state index < -0.39 is 0 Å². The second-order valence-electron chi connectivity index (χ2n) is 2.05. The predicted molar refractivity (Wildman–Crippen MR) is 46.0 cm³/mol. The van der Waals surface area contributed by atoms with E-state index in [0.717, 1.165) is 0 Å². The molecule has 0 aliphatic heterocycles. The van der Waals surface area contributed by atoms with Crippen LogP contribution in [0.15, 0.2) is 36.4 Å². The summed E-state index contributed by atoms with van der Waals surface area (Å²) in [6.07, 6.45) is 4.39. The Morgan fingerprint density at radius 2 is 1.90 bits per heavy atom. The first-order valence-electron chi connectivity index (χ1n) is 3.35. The molecule has 0 fully saturated rings. The summed E-state index contributed by atoms with van der Waals surface area (Å²) in [6.45, 7) is 0. The van der Waals surface area contributed by atoms with Crippen LogP contribution in [0.3, 0.4) is 0 Å². The normalized spacial score (nSPS) is 10.4. The van der Waals surface area contributed by atoms with E-state index in [1.165, 1.54) is 34.1 Å². The van der Waals surface area contributed by atoms with Gasteiger partial charge in [-0.1, -0.05) is 0 Å². The molecule has 0 amide bonds. The molecule has 0 unspecified atom stereocenters. The summed E-state index contributed by atoms with van der Waals surface area (Å²) in [6, 6.07) is 10.4. The van der Waals surface area contributed by atoms with E-state index in [4.69, 9.17) is 0 Å². The molecule has 0 aromatic heterocycles. The summed E-state index contributed by atoms with van der Waals surface area (Å²) in [5, 5.41) is 0. The Balaban J connectivity index is 2.67. The van der Waals surface area contributed by atoms with Gasteiger partial charge in [-0.15, -0.1) is 0 Å². The maximum atomic E-state index is 2.22. The standard InChI is InChI=1S/C9H9.In/c1-2-6-9-7-4-3-5-8-9;/h2-8H,1H2;. The van der Waals surface area contributed by atoms with Gasteiger partial charge in [0.25, 0.3) is 0 Å². The summed E-state index contributed by atoms with van der Waals surface area (Å²) in [7, 11) is 0. The first-order chi connectivity index (χ1) is 4.93.